The second-order valence-corrected chi connectivity index (χ2v) is 9.83. The standard InChI is InChI=1S/C21H22FN3O2.C10H7NO2/c1-13-11-16(23)19-17(24-13)9-6-10-18(19)27-12-21(2,3)25-20(26)14-7-4-5-8-15(14)22;12-10(13)8-5-7-3-1-2-4-9(7)11-6-8/h4-11H,12H2,1-3H3,(H2,23,24)(H,25,26);1-6H,(H,12,13). The third-order valence-electron chi connectivity index (χ3n) is 5.95. The molecule has 40 heavy (non-hydrogen) atoms. The highest BCUT2D eigenvalue weighted by Crippen LogP contribution is 2.30. The molecule has 0 radical (unpaired) electrons. The Balaban J connectivity index is 0.000000236. The Labute approximate surface area is 230 Å². The number of pyridine rings is 2. The fourth-order valence-electron chi connectivity index (χ4n) is 4.04. The highest BCUT2D eigenvalue weighted by Gasteiger charge is 2.24. The van der Waals surface area contributed by atoms with Gasteiger partial charge >= 0.3 is 5.97 Å². The minimum atomic E-state index is -0.946. The van der Waals surface area contributed by atoms with Gasteiger partial charge in [0, 0.05) is 23.0 Å². The summed E-state index contributed by atoms with van der Waals surface area (Å²) in [5, 5.41) is 13.1. The van der Waals surface area contributed by atoms with Crippen LogP contribution in [0.3, 0.4) is 0 Å². The summed E-state index contributed by atoms with van der Waals surface area (Å²) < 4.78 is 19.7. The molecule has 0 aliphatic heterocycles. The molecule has 2 heterocycles. The van der Waals surface area contributed by atoms with E-state index in [0.29, 0.717) is 11.4 Å². The molecule has 204 valence electrons. The van der Waals surface area contributed by atoms with Crippen molar-refractivity contribution in [1.29, 1.82) is 0 Å². The summed E-state index contributed by atoms with van der Waals surface area (Å²) in [7, 11) is 0. The number of aryl methyl sites for hydroxylation is 1. The van der Waals surface area contributed by atoms with Crippen LogP contribution in [0, 0.1) is 12.7 Å². The number of aromatic nitrogens is 2. The molecule has 0 atom stereocenters. The van der Waals surface area contributed by atoms with Gasteiger partial charge in [-0.15, -0.1) is 0 Å². The molecule has 9 heteroatoms. The van der Waals surface area contributed by atoms with E-state index < -0.39 is 23.2 Å². The van der Waals surface area contributed by atoms with Crippen LogP contribution in [0.4, 0.5) is 10.1 Å². The van der Waals surface area contributed by atoms with Crippen LogP contribution in [0.1, 0.15) is 40.3 Å². The number of aromatic carboxylic acids is 1. The van der Waals surface area contributed by atoms with Crippen LogP contribution >= 0.6 is 0 Å². The van der Waals surface area contributed by atoms with Gasteiger partial charge in [-0.25, -0.2) is 9.18 Å². The molecule has 3 aromatic carbocycles. The average molecular weight is 541 g/mol. The number of hydrogen-bond acceptors (Lipinski definition) is 6. The molecular weight excluding hydrogens is 511 g/mol. The quantitative estimate of drug-likeness (QED) is 0.249. The minimum Gasteiger partial charge on any atom is -0.490 e. The smallest absolute Gasteiger partial charge is 0.337 e. The number of nitrogens with two attached hydrogens (primary N) is 1. The number of amides is 1. The Kier molecular flexibility index (Phi) is 8.23. The van der Waals surface area contributed by atoms with E-state index in [-0.39, 0.29) is 17.7 Å². The van der Waals surface area contributed by atoms with Gasteiger partial charge in [-0.3, -0.25) is 14.8 Å². The predicted molar refractivity (Wildman–Crippen MR) is 153 cm³/mol. The van der Waals surface area contributed by atoms with Crippen LogP contribution in [-0.2, 0) is 0 Å². The van der Waals surface area contributed by atoms with Crippen molar-refractivity contribution < 1.29 is 23.8 Å². The molecular formula is C31H29FN4O4. The van der Waals surface area contributed by atoms with E-state index in [9.17, 15) is 14.0 Å². The third kappa shape index (κ3) is 6.68. The first kappa shape index (κ1) is 28.0. The molecule has 5 aromatic rings. The van der Waals surface area contributed by atoms with Gasteiger partial charge in [0.1, 0.15) is 18.2 Å². The Bertz CT molecular complexity index is 1700. The Morgan fingerprint density at radius 3 is 2.45 bits per heavy atom. The lowest BCUT2D eigenvalue weighted by molar-refractivity contribution is 0.0696. The van der Waals surface area contributed by atoms with Gasteiger partial charge in [0.2, 0.25) is 0 Å². The molecule has 1 amide bonds. The number of benzene rings is 3. The summed E-state index contributed by atoms with van der Waals surface area (Å²) in [5.74, 6) is -1.41. The number of nitrogen functional groups attached to an aromatic ring is 1. The van der Waals surface area contributed by atoms with Gasteiger partial charge in [0.15, 0.2) is 0 Å². The molecule has 0 fully saturated rings. The van der Waals surface area contributed by atoms with Gasteiger partial charge < -0.3 is 20.9 Å². The van der Waals surface area contributed by atoms with E-state index >= 15 is 0 Å². The van der Waals surface area contributed by atoms with E-state index in [1.807, 2.05) is 63.2 Å². The fourth-order valence-corrected chi connectivity index (χ4v) is 4.04. The zero-order valence-corrected chi connectivity index (χ0v) is 22.3. The number of carbonyl (C=O) groups is 2. The highest BCUT2D eigenvalue weighted by atomic mass is 19.1. The maximum Gasteiger partial charge on any atom is 0.337 e. The molecule has 0 aliphatic carbocycles. The number of rotatable bonds is 6. The molecule has 0 saturated heterocycles. The summed E-state index contributed by atoms with van der Waals surface area (Å²) in [4.78, 5) is 31.5. The molecule has 4 N–H and O–H groups in total. The molecule has 2 aromatic heterocycles. The summed E-state index contributed by atoms with van der Waals surface area (Å²) in [6.45, 7) is 5.68. The first-order valence-electron chi connectivity index (χ1n) is 12.5. The van der Waals surface area contributed by atoms with Crippen molar-refractivity contribution in [2.45, 2.75) is 26.3 Å². The third-order valence-corrected chi connectivity index (χ3v) is 5.95. The number of carbonyl (C=O) groups excluding carboxylic acids is 1. The number of ether oxygens (including phenoxy) is 1. The Morgan fingerprint density at radius 2 is 1.70 bits per heavy atom. The second kappa shape index (κ2) is 11.8. The van der Waals surface area contributed by atoms with Crippen molar-refractivity contribution in [3.05, 3.63) is 108 Å². The fraction of sp³-hybridized carbons (Fsp3) is 0.161. The summed E-state index contributed by atoms with van der Waals surface area (Å²) in [5.41, 5.74) is 8.61. The van der Waals surface area contributed by atoms with Gasteiger partial charge in [0.25, 0.3) is 5.91 Å². The van der Waals surface area contributed by atoms with Crippen molar-refractivity contribution in [1.82, 2.24) is 15.3 Å². The number of halogens is 1. The normalized spacial score (nSPS) is 11.0. The maximum atomic E-state index is 13.8. The van der Waals surface area contributed by atoms with E-state index in [4.69, 9.17) is 15.6 Å². The van der Waals surface area contributed by atoms with Crippen LogP contribution in [0.2, 0.25) is 0 Å². The number of carboxylic acid groups (broad SMARTS) is 1. The predicted octanol–water partition coefficient (Wildman–Crippen LogP) is 5.78. The van der Waals surface area contributed by atoms with E-state index in [1.54, 1.807) is 24.3 Å². The minimum absolute atomic E-state index is 0.000319. The van der Waals surface area contributed by atoms with E-state index in [2.05, 4.69) is 15.3 Å². The van der Waals surface area contributed by atoms with Crippen LogP contribution in [0.15, 0.2) is 85.1 Å². The Morgan fingerprint density at radius 1 is 1.00 bits per heavy atom. The van der Waals surface area contributed by atoms with E-state index in [1.165, 1.54) is 18.3 Å². The zero-order chi connectivity index (χ0) is 28.9. The second-order valence-electron chi connectivity index (χ2n) is 9.83. The lowest BCUT2D eigenvalue weighted by Gasteiger charge is -2.27. The number of nitrogens with one attached hydrogen (secondary N) is 1. The highest BCUT2D eigenvalue weighted by molar-refractivity contribution is 5.96. The molecule has 0 spiro atoms. The maximum absolute atomic E-state index is 13.8. The first-order valence-corrected chi connectivity index (χ1v) is 12.5. The van der Waals surface area contributed by atoms with Gasteiger partial charge in [-0.05, 0) is 63.2 Å². The van der Waals surface area contributed by atoms with Crippen LogP contribution < -0.4 is 15.8 Å². The summed E-state index contributed by atoms with van der Waals surface area (Å²) in [6.07, 6.45) is 1.37. The van der Waals surface area contributed by atoms with Gasteiger partial charge in [0.05, 0.1) is 33.1 Å². The van der Waals surface area contributed by atoms with Crippen molar-refractivity contribution in [3.63, 3.8) is 0 Å². The number of para-hydroxylation sites is 1. The van der Waals surface area contributed by atoms with E-state index in [0.717, 1.165) is 27.5 Å². The lowest BCUT2D eigenvalue weighted by Crippen LogP contribution is -2.48. The molecule has 0 bridgehead atoms. The topological polar surface area (TPSA) is 127 Å². The monoisotopic (exact) mass is 540 g/mol. The number of carboxylic acids is 1. The van der Waals surface area contributed by atoms with Crippen molar-refractivity contribution in [2.24, 2.45) is 0 Å². The average Bonchev–Trinajstić information content (AvgIpc) is 2.91. The summed E-state index contributed by atoms with van der Waals surface area (Å²) >= 11 is 0. The van der Waals surface area contributed by atoms with Crippen LogP contribution in [0.25, 0.3) is 21.8 Å². The van der Waals surface area contributed by atoms with Gasteiger partial charge in [-0.1, -0.05) is 36.4 Å². The largest absolute Gasteiger partial charge is 0.490 e. The number of hydrogen-bond donors (Lipinski definition) is 3. The van der Waals surface area contributed by atoms with Crippen LogP contribution in [0.5, 0.6) is 5.75 Å². The van der Waals surface area contributed by atoms with Crippen molar-refractivity contribution >= 4 is 39.4 Å². The zero-order valence-electron chi connectivity index (χ0n) is 22.3. The first-order chi connectivity index (χ1) is 19.0. The molecule has 5 rings (SSSR count). The van der Waals surface area contributed by atoms with Crippen molar-refractivity contribution in [2.75, 3.05) is 12.3 Å². The van der Waals surface area contributed by atoms with Crippen molar-refractivity contribution in [3.8, 4) is 5.75 Å². The Hall–Kier alpha value is -5.05. The lowest BCUT2D eigenvalue weighted by atomic mass is 10.1. The number of anilines is 1. The molecule has 8 nitrogen and oxygen atoms in total. The number of nitrogens with zero attached hydrogens (tertiary/aromatic N) is 2. The number of fused-ring (bicyclic) bond motifs is 2. The SMILES string of the molecule is Cc1cc(N)c2c(OCC(C)(C)NC(=O)c3ccccc3F)cccc2n1.O=C(O)c1cnc2ccccc2c1. The molecule has 0 aliphatic rings. The van der Waals surface area contributed by atoms with Crippen LogP contribution in [-0.4, -0.2) is 39.1 Å². The molecule has 0 unspecified atom stereocenters. The van der Waals surface area contributed by atoms with Gasteiger partial charge in [-0.2, -0.15) is 0 Å². The molecule has 0 saturated carbocycles. The summed E-state index contributed by atoms with van der Waals surface area (Å²) in [6, 6.07) is 22.2.